The molecule has 2 N–H and O–H groups in total. The van der Waals surface area contributed by atoms with Crippen molar-refractivity contribution in [1.29, 1.82) is 0 Å². The molecule has 0 aromatic carbocycles. The van der Waals surface area contributed by atoms with Crippen LogP contribution in [0.3, 0.4) is 0 Å². The van der Waals surface area contributed by atoms with Gasteiger partial charge in [-0.05, 0) is 47.3 Å². The minimum absolute atomic E-state index is 0.0700. The molecule has 1 aromatic heterocycles. The van der Waals surface area contributed by atoms with Crippen molar-refractivity contribution in [2.45, 2.75) is 25.3 Å². The summed E-state index contributed by atoms with van der Waals surface area (Å²) in [6, 6.07) is 5.04. The first-order valence-electron chi connectivity index (χ1n) is 5.72. The number of amides is 1. The third kappa shape index (κ3) is 3.07. The first kappa shape index (κ1) is 13.0. The number of carbonyl (C=O) groups is 2. The molecule has 1 aromatic rings. The van der Waals surface area contributed by atoms with Crippen LogP contribution in [0.4, 0.5) is 0 Å². The van der Waals surface area contributed by atoms with Crippen LogP contribution in [-0.4, -0.2) is 28.0 Å². The fraction of sp³-hybridized carbons (Fsp3) is 0.417. The SMILES string of the molecule is O=C(NC1CCC(C(=O)O)C1)c1cccc(Br)n1. The quantitative estimate of drug-likeness (QED) is 0.834. The smallest absolute Gasteiger partial charge is 0.306 e. The van der Waals surface area contributed by atoms with Gasteiger partial charge in [0.1, 0.15) is 10.3 Å². The lowest BCUT2D eigenvalue weighted by Crippen LogP contribution is -2.33. The summed E-state index contributed by atoms with van der Waals surface area (Å²) in [5.74, 6) is -1.38. The maximum absolute atomic E-state index is 11.9. The molecule has 1 aliphatic rings. The number of carboxylic acid groups (broad SMARTS) is 1. The molecule has 1 fully saturated rings. The van der Waals surface area contributed by atoms with E-state index in [1.807, 2.05) is 0 Å². The van der Waals surface area contributed by atoms with Crippen LogP contribution in [0.2, 0.25) is 0 Å². The van der Waals surface area contributed by atoms with Gasteiger partial charge in [0.2, 0.25) is 0 Å². The Morgan fingerprint density at radius 3 is 2.78 bits per heavy atom. The highest BCUT2D eigenvalue weighted by Crippen LogP contribution is 2.25. The number of hydrogen-bond donors (Lipinski definition) is 2. The molecule has 1 saturated carbocycles. The van der Waals surface area contributed by atoms with Crippen molar-refractivity contribution < 1.29 is 14.7 Å². The number of aliphatic carboxylic acids is 1. The number of halogens is 1. The first-order chi connectivity index (χ1) is 8.56. The Morgan fingerprint density at radius 2 is 2.17 bits per heavy atom. The average molecular weight is 313 g/mol. The van der Waals surface area contributed by atoms with Crippen LogP contribution in [0, 0.1) is 5.92 Å². The third-order valence-corrected chi connectivity index (χ3v) is 3.51. The van der Waals surface area contributed by atoms with Gasteiger partial charge in [0.25, 0.3) is 5.91 Å². The summed E-state index contributed by atoms with van der Waals surface area (Å²) in [6.45, 7) is 0. The van der Waals surface area contributed by atoms with Gasteiger partial charge in [0.05, 0.1) is 5.92 Å². The van der Waals surface area contributed by atoms with E-state index in [4.69, 9.17) is 5.11 Å². The van der Waals surface area contributed by atoms with Crippen molar-refractivity contribution in [3.8, 4) is 0 Å². The van der Waals surface area contributed by atoms with E-state index in [0.29, 0.717) is 29.6 Å². The van der Waals surface area contributed by atoms with E-state index in [0.717, 1.165) is 0 Å². The minimum Gasteiger partial charge on any atom is -0.481 e. The zero-order valence-corrected chi connectivity index (χ0v) is 11.2. The topological polar surface area (TPSA) is 79.3 Å². The highest BCUT2D eigenvalue weighted by Gasteiger charge is 2.30. The summed E-state index contributed by atoms with van der Waals surface area (Å²) in [4.78, 5) is 26.8. The molecule has 2 rings (SSSR count). The van der Waals surface area contributed by atoms with Crippen LogP contribution in [0.1, 0.15) is 29.8 Å². The highest BCUT2D eigenvalue weighted by atomic mass is 79.9. The summed E-state index contributed by atoms with van der Waals surface area (Å²) in [5, 5.41) is 11.7. The van der Waals surface area contributed by atoms with Crippen molar-refractivity contribution in [3.63, 3.8) is 0 Å². The first-order valence-corrected chi connectivity index (χ1v) is 6.52. The molecule has 96 valence electrons. The monoisotopic (exact) mass is 312 g/mol. The van der Waals surface area contributed by atoms with Crippen LogP contribution < -0.4 is 5.32 Å². The van der Waals surface area contributed by atoms with Crippen LogP contribution in [0.5, 0.6) is 0 Å². The Bertz CT molecular complexity index is 478. The molecular weight excluding hydrogens is 300 g/mol. The maximum atomic E-state index is 11.9. The third-order valence-electron chi connectivity index (χ3n) is 3.06. The van der Waals surface area contributed by atoms with E-state index in [1.54, 1.807) is 18.2 Å². The van der Waals surface area contributed by atoms with Crippen molar-refractivity contribution in [3.05, 3.63) is 28.5 Å². The lowest BCUT2D eigenvalue weighted by molar-refractivity contribution is -0.141. The van der Waals surface area contributed by atoms with E-state index in [2.05, 4.69) is 26.2 Å². The molecule has 5 nitrogen and oxygen atoms in total. The minimum atomic E-state index is -0.785. The number of nitrogens with one attached hydrogen (secondary N) is 1. The summed E-state index contributed by atoms with van der Waals surface area (Å²) in [6.07, 6.45) is 1.82. The van der Waals surface area contributed by atoms with Gasteiger partial charge in [-0.1, -0.05) is 6.07 Å². The molecule has 1 heterocycles. The van der Waals surface area contributed by atoms with Crippen LogP contribution in [0.15, 0.2) is 22.8 Å². The van der Waals surface area contributed by atoms with Crippen LogP contribution >= 0.6 is 15.9 Å². The van der Waals surface area contributed by atoms with Gasteiger partial charge in [0.15, 0.2) is 0 Å². The predicted molar refractivity (Wildman–Crippen MR) is 68.2 cm³/mol. The summed E-state index contributed by atoms with van der Waals surface area (Å²) >= 11 is 3.20. The molecule has 2 unspecified atom stereocenters. The Morgan fingerprint density at radius 1 is 1.39 bits per heavy atom. The van der Waals surface area contributed by atoms with Crippen molar-refractivity contribution in [1.82, 2.24) is 10.3 Å². The molecule has 0 radical (unpaired) electrons. The molecule has 2 atom stereocenters. The lowest BCUT2D eigenvalue weighted by Gasteiger charge is -2.11. The Hall–Kier alpha value is -1.43. The number of carboxylic acids is 1. The average Bonchev–Trinajstić information content (AvgIpc) is 2.77. The van der Waals surface area contributed by atoms with Crippen LogP contribution in [-0.2, 0) is 4.79 Å². The molecule has 1 aliphatic carbocycles. The van der Waals surface area contributed by atoms with Gasteiger partial charge in [-0.2, -0.15) is 0 Å². The van der Waals surface area contributed by atoms with E-state index >= 15 is 0 Å². The number of rotatable bonds is 3. The van der Waals surface area contributed by atoms with Crippen molar-refractivity contribution >= 4 is 27.8 Å². The van der Waals surface area contributed by atoms with Crippen molar-refractivity contribution in [2.24, 2.45) is 5.92 Å². The van der Waals surface area contributed by atoms with Crippen molar-refractivity contribution in [2.75, 3.05) is 0 Å². The van der Waals surface area contributed by atoms with Gasteiger partial charge in [-0.25, -0.2) is 4.98 Å². The molecule has 0 saturated heterocycles. The molecule has 1 amide bonds. The molecule has 0 spiro atoms. The predicted octanol–water partition coefficient (Wildman–Crippen LogP) is 1.83. The molecule has 6 heteroatoms. The van der Waals surface area contributed by atoms with Crippen LogP contribution in [0.25, 0.3) is 0 Å². The summed E-state index contributed by atoms with van der Waals surface area (Å²) in [5.41, 5.74) is 0.336. The summed E-state index contributed by atoms with van der Waals surface area (Å²) in [7, 11) is 0. The van der Waals surface area contributed by atoms with E-state index in [1.165, 1.54) is 0 Å². The zero-order chi connectivity index (χ0) is 13.1. The Kier molecular flexibility index (Phi) is 3.96. The zero-order valence-electron chi connectivity index (χ0n) is 9.60. The molecule has 0 bridgehead atoms. The van der Waals surface area contributed by atoms with E-state index in [-0.39, 0.29) is 17.9 Å². The van der Waals surface area contributed by atoms with Gasteiger partial charge < -0.3 is 10.4 Å². The fourth-order valence-corrected chi connectivity index (χ4v) is 2.47. The second-order valence-corrected chi connectivity index (χ2v) is 5.18. The Balaban J connectivity index is 1.95. The molecular formula is C12H13BrN2O3. The standard InChI is InChI=1S/C12H13BrN2O3/c13-10-3-1-2-9(15-10)11(16)14-8-5-4-7(6-8)12(17)18/h1-3,7-8H,4-6H2,(H,14,16)(H,17,18). The molecule has 18 heavy (non-hydrogen) atoms. The van der Waals surface area contributed by atoms with E-state index in [9.17, 15) is 9.59 Å². The largest absolute Gasteiger partial charge is 0.481 e. The summed E-state index contributed by atoms with van der Waals surface area (Å²) < 4.78 is 0.602. The lowest BCUT2D eigenvalue weighted by atomic mass is 10.1. The Labute approximate surface area is 113 Å². The second kappa shape index (κ2) is 5.48. The number of aromatic nitrogens is 1. The molecule has 0 aliphatic heterocycles. The number of carbonyl (C=O) groups excluding carboxylic acids is 1. The highest BCUT2D eigenvalue weighted by molar-refractivity contribution is 9.10. The number of pyridine rings is 1. The second-order valence-electron chi connectivity index (χ2n) is 4.36. The van der Waals surface area contributed by atoms with Gasteiger partial charge in [-0.3, -0.25) is 9.59 Å². The van der Waals surface area contributed by atoms with Gasteiger partial charge >= 0.3 is 5.97 Å². The fourth-order valence-electron chi connectivity index (χ4n) is 2.13. The normalized spacial score (nSPS) is 22.7. The van der Waals surface area contributed by atoms with Gasteiger partial charge in [-0.15, -0.1) is 0 Å². The van der Waals surface area contributed by atoms with Gasteiger partial charge in [0, 0.05) is 6.04 Å². The van der Waals surface area contributed by atoms with E-state index < -0.39 is 5.97 Å². The number of nitrogens with zero attached hydrogens (tertiary/aromatic N) is 1. The number of hydrogen-bond acceptors (Lipinski definition) is 3. The maximum Gasteiger partial charge on any atom is 0.306 e.